The third-order valence-electron chi connectivity index (χ3n) is 2.71. The number of nitrogens with two attached hydrogens (primary N) is 1. The van der Waals surface area contributed by atoms with E-state index in [0.717, 1.165) is 22.1 Å². The highest BCUT2D eigenvalue weighted by Gasteiger charge is 2.52. The standard InChI is InChI=1S/C10H11ClN2OS2/c11-7-2-1-6(16-7)5-13-9(14)10(3-4-10)8(12)15/h1-2H,3-5H2,(H2,12,15)(H,13,14). The summed E-state index contributed by atoms with van der Waals surface area (Å²) in [6, 6.07) is 3.71. The lowest BCUT2D eigenvalue weighted by atomic mass is 10.1. The maximum absolute atomic E-state index is 11.8. The summed E-state index contributed by atoms with van der Waals surface area (Å²) in [6.07, 6.45) is 1.53. The topological polar surface area (TPSA) is 55.1 Å². The third-order valence-corrected chi connectivity index (χ3v) is 4.33. The Morgan fingerprint density at radius 3 is 2.75 bits per heavy atom. The lowest BCUT2D eigenvalue weighted by Gasteiger charge is -2.12. The fourth-order valence-electron chi connectivity index (χ4n) is 1.49. The van der Waals surface area contributed by atoms with Gasteiger partial charge < -0.3 is 11.1 Å². The zero-order valence-electron chi connectivity index (χ0n) is 8.46. The van der Waals surface area contributed by atoms with Gasteiger partial charge in [0.05, 0.1) is 21.3 Å². The molecular formula is C10H11ClN2OS2. The molecule has 1 saturated carbocycles. The lowest BCUT2D eigenvalue weighted by Crippen LogP contribution is -2.39. The molecule has 86 valence electrons. The molecule has 1 fully saturated rings. The smallest absolute Gasteiger partial charge is 0.233 e. The van der Waals surface area contributed by atoms with Crippen molar-refractivity contribution in [3.63, 3.8) is 0 Å². The van der Waals surface area contributed by atoms with Gasteiger partial charge >= 0.3 is 0 Å². The van der Waals surface area contributed by atoms with E-state index in [4.69, 9.17) is 29.6 Å². The molecule has 1 heterocycles. The second-order valence-electron chi connectivity index (χ2n) is 3.83. The fourth-order valence-corrected chi connectivity index (χ4v) is 2.82. The maximum atomic E-state index is 11.8. The van der Waals surface area contributed by atoms with Crippen LogP contribution in [-0.2, 0) is 11.3 Å². The van der Waals surface area contributed by atoms with E-state index in [2.05, 4.69) is 5.32 Å². The number of amides is 1. The van der Waals surface area contributed by atoms with Crippen molar-refractivity contribution in [3.05, 3.63) is 21.3 Å². The van der Waals surface area contributed by atoms with Crippen LogP contribution in [0.5, 0.6) is 0 Å². The minimum atomic E-state index is -0.573. The average Bonchev–Trinajstić information content (AvgIpc) is 2.95. The molecule has 0 bridgehead atoms. The Hall–Kier alpha value is -0.650. The summed E-state index contributed by atoms with van der Waals surface area (Å²) in [5.74, 6) is -0.0653. The first-order valence-corrected chi connectivity index (χ1v) is 6.47. The molecular weight excluding hydrogens is 264 g/mol. The van der Waals surface area contributed by atoms with Crippen molar-refractivity contribution in [2.24, 2.45) is 11.1 Å². The van der Waals surface area contributed by atoms with Gasteiger partial charge in [0.1, 0.15) is 0 Å². The molecule has 0 aliphatic heterocycles. The second-order valence-corrected chi connectivity index (χ2v) is 6.07. The van der Waals surface area contributed by atoms with Gasteiger partial charge in [-0.15, -0.1) is 11.3 Å². The Kier molecular flexibility index (Phi) is 3.19. The minimum absolute atomic E-state index is 0.0653. The highest BCUT2D eigenvalue weighted by Crippen LogP contribution is 2.46. The van der Waals surface area contributed by atoms with Crippen LogP contribution in [0.2, 0.25) is 4.34 Å². The van der Waals surface area contributed by atoms with Gasteiger partial charge in [-0.3, -0.25) is 4.79 Å². The first-order chi connectivity index (χ1) is 7.54. The monoisotopic (exact) mass is 274 g/mol. The van der Waals surface area contributed by atoms with Crippen molar-refractivity contribution in [2.45, 2.75) is 19.4 Å². The van der Waals surface area contributed by atoms with E-state index in [1.807, 2.05) is 12.1 Å². The van der Waals surface area contributed by atoms with Crippen LogP contribution in [0.3, 0.4) is 0 Å². The van der Waals surface area contributed by atoms with Crippen LogP contribution in [-0.4, -0.2) is 10.9 Å². The van der Waals surface area contributed by atoms with E-state index in [1.54, 1.807) is 0 Å². The SMILES string of the molecule is NC(=S)C1(C(=O)NCc2ccc(Cl)s2)CC1. The first kappa shape index (κ1) is 11.8. The number of rotatable bonds is 4. The molecule has 0 radical (unpaired) electrons. The Labute approximate surface area is 108 Å². The number of hydrogen-bond acceptors (Lipinski definition) is 3. The zero-order valence-corrected chi connectivity index (χ0v) is 10.8. The summed E-state index contributed by atoms with van der Waals surface area (Å²) in [4.78, 5) is 13.2. The molecule has 16 heavy (non-hydrogen) atoms. The number of hydrogen-bond donors (Lipinski definition) is 2. The van der Waals surface area contributed by atoms with Crippen molar-refractivity contribution in [1.82, 2.24) is 5.32 Å². The van der Waals surface area contributed by atoms with Crippen LogP contribution in [0.4, 0.5) is 0 Å². The summed E-state index contributed by atoms with van der Waals surface area (Å²) in [5.41, 5.74) is 4.99. The van der Waals surface area contributed by atoms with Crippen LogP contribution >= 0.6 is 35.2 Å². The van der Waals surface area contributed by atoms with Gasteiger partial charge in [-0.25, -0.2) is 0 Å². The highest BCUT2D eigenvalue weighted by molar-refractivity contribution is 7.80. The third kappa shape index (κ3) is 2.21. The van der Waals surface area contributed by atoms with Crippen LogP contribution in [0.25, 0.3) is 0 Å². The summed E-state index contributed by atoms with van der Waals surface area (Å²) in [5, 5.41) is 2.84. The largest absolute Gasteiger partial charge is 0.392 e. The predicted octanol–water partition coefficient (Wildman–Crippen LogP) is 2.08. The molecule has 6 heteroatoms. The first-order valence-electron chi connectivity index (χ1n) is 4.87. The van der Waals surface area contributed by atoms with Crippen LogP contribution in [0, 0.1) is 5.41 Å². The Morgan fingerprint density at radius 1 is 1.62 bits per heavy atom. The fraction of sp³-hybridized carbons (Fsp3) is 0.400. The molecule has 2 rings (SSSR count). The summed E-state index contributed by atoms with van der Waals surface area (Å²) in [6.45, 7) is 0.487. The van der Waals surface area contributed by atoms with Gasteiger partial charge in [0.15, 0.2) is 0 Å². The van der Waals surface area contributed by atoms with E-state index in [1.165, 1.54) is 11.3 Å². The highest BCUT2D eigenvalue weighted by atomic mass is 35.5. The molecule has 0 atom stereocenters. The van der Waals surface area contributed by atoms with Gasteiger partial charge in [0.2, 0.25) is 5.91 Å². The van der Waals surface area contributed by atoms with Crippen molar-refractivity contribution < 1.29 is 4.79 Å². The number of carbonyl (C=O) groups excluding carboxylic acids is 1. The number of nitrogens with one attached hydrogen (secondary N) is 1. The predicted molar refractivity (Wildman–Crippen MR) is 69.6 cm³/mol. The van der Waals surface area contributed by atoms with E-state index in [0.29, 0.717) is 11.5 Å². The van der Waals surface area contributed by atoms with Gasteiger partial charge in [0, 0.05) is 4.88 Å². The molecule has 1 aliphatic carbocycles. The Morgan fingerprint density at radius 2 is 2.31 bits per heavy atom. The normalized spacial score (nSPS) is 16.8. The summed E-state index contributed by atoms with van der Waals surface area (Å²) >= 11 is 12.2. The van der Waals surface area contributed by atoms with E-state index >= 15 is 0 Å². The Bertz CT molecular complexity index is 440. The average molecular weight is 275 g/mol. The quantitative estimate of drug-likeness (QED) is 0.827. The molecule has 0 unspecified atom stereocenters. The molecule has 1 aliphatic rings. The van der Waals surface area contributed by atoms with Crippen molar-refractivity contribution in [2.75, 3.05) is 0 Å². The van der Waals surface area contributed by atoms with Gasteiger partial charge in [-0.2, -0.15) is 0 Å². The second kappa shape index (κ2) is 4.31. The maximum Gasteiger partial charge on any atom is 0.233 e. The Balaban J connectivity index is 1.92. The molecule has 3 N–H and O–H groups in total. The van der Waals surface area contributed by atoms with Gasteiger partial charge in [-0.05, 0) is 25.0 Å². The molecule has 1 aromatic rings. The van der Waals surface area contributed by atoms with Crippen molar-refractivity contribution >= 4 is 46.1 Å². The zero-order chi connectivity index (χ0) is 11.8. The van der Waals surface area contributed by atoms with Gasteiger partial charge in [0.25, 0.3) is 0 Å². The molecule has 0 aromatic carbocycles. The van der Waals surface area contributed by atoms with Crippen LogP contribution in [0.15, 0.2) is 12.1 Å². The minimum Gasteiger partial charge on any atom is -0.392 e. The number of halogens is 1. The van der Waals surface area contributed by atoms with E-state index in [9.17, 15) is 4.79 Å². The molecule has 1 amide bonds. The van der Waals surface area contributed by atoms with Crippen molar-refractivity contribution in [1.29, 1.82) is 0 Å². The van der Waals surface area contributed by atoms with Gasteiger partial charge in [-0.1, -0.05) is 23.8 Å². The molecule has 0 spiro atoms. The molecule has 0 saturated heterocycles. The number of carbonyl (C=O) groups is 1. The van der Waals surface area contributed by atoms with E-state index in [-0.39, 0.29) is 5.91 Å². The number of thiocarbonyl (C=S) groups is 1. The molecule has 1 aromatic heterocycles. The van der Waals surface area contributed by atoms with E-state index < -0.39 is 5.41 Å². The van der Waals surface area contributed by atoms with Crippen molar-refractivity contribution in [3.8, 4) is 0 Å². The lowest BCUT2D eigenvalue weighted by molar-refractivity contribution is -0.124. The summed E-state index contributed by atoms with van der Waals surface area (Å²) in [7, 11) is 0. The number of thiophene rings is 1. The summed E-state index contributed by atoms with van der Waals surface area (Å²) < 4.78 is 0.722. The van der Waals surface area contributed by atoms with Crippen LogP contribution in [0.1, 0.15) is 17.7 Å². The van der Waals surface area contributed by atoms with Crippen LogP contribution < -0.4 is 11.1 Å². The molecule has 3 nitrogen and oxygen atoms in total.